The largest absolute Gasteiger partial charge is 0.507 e. The number of carbonyl (C=O) groups excluding carboxylic acids is 2. The topological polar surface area (TPSA) is 81.1 Å². The summed E-state index contributed by atoms with van der Waals surface area (Å²) in [4.78, 5) is 28.6. The molecular weight excluding hydrogens is 442 g/mol. The number of carbonyl (C=O) groups is 2. The van der Waals surface area contributed by atoms with Crippen LogP contribution in [0.1, 0.15) is 57.1 Å². The Bertz CT molecular complexity index is 1090. The Hall–Kier alpha value is -2.87. The summed E-state index contributed by atoms with van der Waals surface area (Å²) < 4.78 is 27.0. The Morgan fingerprint density at radius 3 is 2.50 bits per heavy atom. The molecule has 2 saturated heterocycles. The number of phenols is 2. The molecule has 2 aliphatic rings. The minimum atomic E-state index is -2.85. The van der Waals surface area contributed by atoms with Crippen LogP contribution in [-0.2, 0) is 0 Å². The molecule has 0 aliphatic carbocycles. The van der Waals surface area contributed by atoms with E-state index in [0.29, 0.717) is 18.5 Å². The molecule has 0 bridgehead atoms. The Labute approximate surface area is 189 Å². The zero-order chi connectivity index (χ0) is 23.2. The predicted molar refractivity (Wildman–Crippen MR) is 114 cm³/mol. The van der Waals surface area contributed by atoms with Crippen molar-refractivity contribution in [3.63, 3.8) is 0 Å². The average molecular weight is 465 g/mol. The molecule has 2 aromatic carbocycles. The van der Waals surface area contributed by atoms with Crippen LogP contribution in [0.4, 0.5) is 8.78 Å². The number of hydrogen-bond acceptors (Lipinski definition) is 4. The van der Waals surface area contributed by atoms with Gasteiger partial charge < -0.3 is 20.0 Å². The third kappa shape index (κ3) is 4.11. The van der Waals surface area contributed by atoms with Gasteiger partial charge in [0.15, 0.2) is 0 Å². The van der Waals surface area contributed by atoms with Crippen LogP contribution in [0, 0.1) is 6.92 Å². The van der Waals surface area contributed by atoms with E-state index in [1.54, 1.807) is 23.1 Å². The van der Waals surface area contributed by atoms with Crippen molar-refractivity contribution in [2.24, 2.45) is 0 Å². The lowest BCUT2D eigenvalue weighted by atomic mass is 9.96. The lowest BCUT2D eigenvalue weighted by Crippen LogP contribution is -2.32. The second kappa shape index (κ2) is 8.24. The van der Waals surface area contributed by atoms with Gasteiger partial charge in [0.1, 0.15) is 11.5 Å². The summed E-state index contributed by atoms with van der Waals surface area (Å²) in [6.07, 6.45) is 1.12. The van der Waals surface area contributed by atoms with Crippen molar-refractivity contribution < 1.29 is 28.6 Å². The molecule has 2 heterocycles. The highest BCUT2D eigenvalue weighted by Crippen LogP contribution is 2.38. The third-order valence-corrected chi connectivity index (χ3v) is 6.44. The molecule has 0 aromatic heterocycles. The van der Waals surface area contributed by atoms with Crippen molar-refractivity contribution >= 4 is 23.4 Å². The van der Waals surface area contributed by atoms with E-state index in [4.69, 9.17) is 11.6 Å². The lowest BCUT2D eigenvalue weighted by molar-refractivity contribution is 0.0120. The van der Waals surface area contributed by atoms with Gasteiger partial charge in [0, 0.05) is 31.1 Å². The average Bonchev–Trinajstić information content (AvgIpc) is 3.36. The molecule has 32 heavy (non-hydrogen) atoms. The molecular formula is C23H23ClF2N2O4. The molecule has 4 rings (SSSR count). The van der Waals surface area contributed by atoms with E-state index < -0.39 is 24.3 Å². The van der Waals surface area contributed by atoms with Gasteiger partial charge in [-0.2, -0.15) is 0 Å². The number of likely N-dealkylation sites (tertiary alicyclic amines) is 2. The van der Waals surface area contributed by atoms with Gasteiger partial charge >= 0.3 is 0 Å². The first-order chi connectivity index (χ1) is 15.1. The van der Waals surface area contributed by atoms with E-state index >= 15 is 0 Å². The van der Waals surface area contributed by atoms with Gasteiger partial charge in [-0.25, -0.2) is 8.78 Å². The number of aromatic hydroxyl groups is 2. The zero-order valence-electron chi connectivity index (χ0n) is 17.4. The summed E-state index contributed by atoms with van der Waals surface area (Å²) in [6.45, 7) is 1.75. The van der Waals surface area contributed by atoms with Crippen molar-refractivity contribution in [3.05, 3.63) is 57.6 Å². The van der Waals surface area contributed by atoms with Crippen LogP contribution in [0.5, 0.6) is 11.5 Å². The monoisotopic (exact) mass is 464 g/mol. The molecule has 2 amide bonds. The van der Waals surface area contributed by atoms with Gasteiger partial charge in [0.05, 0.1) is 23.2 Å². The normalized spacial score (nSPS) is 20.1. The van der Waals surface area contributed by atoms with Crippen molar-refractivity contribution in [3.8, 4) is 11.5 Å². The maximum Gasteiger partial charge on any atom is 0.267 e. The summed E-state index contributed by atoms with van der Waals surface area (Å²) in [5.74, 6) is -4.36. The van der Waals surface area contributed by atoms with Gasteiger partial charge in [-0.3, -0.25) is 9.59 Å². The Morgan fingerprint density at radius 2 is 1.84 bits per heavy atom. The minimum absolute atomic E-state index is 0.000822. The molecule has 1 unspecified atom stereocenters. The Kier molecular flexibility index (Phi) is 5.75. The fourth-order valence-electron chi connectivity index (χ4n) is 4.48. The quantitative estimate of drug-likeness (QED) is 0.700. The fraction of sp³-hybridized carbons (Fsp3) is 0.391. The maximum atomic E-state index is 13.5. The molecule has 0 saturated carbocycles. The van der Waals surface area contributed by atoms with Crippen molar-refractivity contribution in [2.45, 2.75) is 38.2 Å². The number of halogens is 3. The number of nitrogens with zero attached hydrogens (tertiary/aromatic N) is 2. The molecule has 2 N–H and O–H groups in total. The molecule has 9 heteroatoms. The number of amides is 2. The minimum Gasteiger partial charge on any atom is -0.507 e. The highest BCUT2D eigenvalue weighted by atomic mass is 35.5. The number of benzene rings is 2. The van der Waals surface area contributed by atoms with E-state index in [9.17, 15) is 28.6 Å². The second-order valence-electron chi connectivity index (χ2n) is 8.38. The van der Waals surface area contributed by atoms with E-state index in [1.807, 2.05) is 6.92 Å². The van der Waals surface area contributed by atoms with Crippen molar-refractivity contribution in [2.75, 3.05) is 19.6 Å². The standard InChI is InChI=1S/C23H23ClF2N2O4/c1-13-9-14(21(31)27-8-6-23(25,26)12-27)4-5-15(13)18-3-2-7-28(18)22(32)16-10-17(24)20(30)11-19(16)29/h4-5,9-11,18,29-30H,2-3,6-8,12H2,1H3. The number of aryl methyl sites for hydroxylation is 1. The van der Waals surface area contributed by atoms with E-state index in [0.717, 1.165) is 28.5 Å². The lowest BCUT2D eigenvalue weighted by Gasteiger charge is -2.27. The van der Waals surface area contributed by atoms with Gasteiger partial charge in [-0.15, -0.1) is 0 Å². The molecule has 2 aromatic rings. The van der Waals surface area contributed by atoms with Crippen LogP contribution in [0.3, 0.4) is 0 Å². The first kappa shape index (κ1) is 22.3. The smallest absolute Gasteiger partial charge is 0.267 e. The molecule has 170 valence electrons. The molecule has 0 spiro atoms. The van der Waals surface area contributed by atoms with Crippen LogP contribution in [0.15, 0.2) is 30.3 Å². The van der Waals surface area contributed by atoms with Crippen LogP contribution >= 0.6 is 11.6 Å². The van der Waals surface area contributed by atoms with Gasteiger partial charge in [-0.05, 0) is 49.1 Å². The number of alkyl halides is 2. The van der Waals surface area contributed by atoms with Gasteiger partial charge in [0.25, 0.3) is 17.7 Å². The van der Waals surface area contributed by atoms with Crippen LogP contribution in [-0.4, -0.2) is 57.4 Å². The van der Waals surface area contributed by atoms with Crippen LogP contribution < -0.4 is 0 Å². The second-order valence-corrected chi connectivity index (χ2v) is 8.79. The fourth-order valence-corrected chi connectivity index (χ4v) is 4.65. The molecule has 1 atom stereocenters. The van der Waals surface area contributed by atoms with E-state index in [-0.39, 0.29) is 41.1 Å². The first-order valence-electron chi connectivity index (χ1n) is 10.4. The predicted octanol–water partition coefficient (Wildman–Crippen LogP) is 4.52. The molecule has 2 fully saturated rings. The molecule has 6 nitrogen and oxygen atoms in total. The Morgan fingerprint density at radius 1 is 1.09 bits per heavy atom. The Balaban J connectivity index is 1.57. The molecule has 0 radical (unpaired) electrons. The summed E-state index contributed by atoms with van der Waals surface area (Å²) >= 11 is 5.92. The van der Waals surface area contributed by atoms with E-state index in [1.165, 1.54) is 6.07 Å². The summed E-state index contributed by atoms with van der Waals surface area (Å²) in [5.41, 5.74) is 1.96. The summed E-state index contributed by atoms with van der Waals surface area (Å²) in [7, 11) is 0. The SMILES string of the molecule is Cc1cc(C(=O)N2CCC(F)(F)C2)ccc1C1CCCN1C(=O)c1cc(Cl)c(O)cc1O. The first-order valence-corrected chi connectivity index (χ1v) is 10.8. The third-order valence-electron chi connectivity index (χ3n) is 6.14. The number of phenolic OH excluding ortho intramolecular Hbond substituents is 2. The van der Waals surface area contributed by atoms with Crippen molar-refractivity contribution in [1.82, 2.24) is 9.80 Å². The summed E-state index contributed by atoms with van der Waals surface area (Å²) in [5, 5.41) is 19.7. The highest BCUT2D eigenvalue weighted by Gasteiger charge is 2.40. The van der Waals surface area contributed by atoms with Crippen LogP contribution in [0.25, 0.3) is 0 Å². The van der Waals surface area contributed by atoms with Crippen LogP contribution in [0.2, 0.25) is 5.02 Å². The highest BCUT2D eigenvalue weighted by molar-refractivity contribution is 6.32. The maximum absolute atomic E-state index is 13.5. The van der Waals surface area contributed by atoms with Crippen molar-refractivity contribution in [1.29, 1.82) is 0 Å². The van der Waals surface area contributed by atoms with Gasteiger partial charge in [0.2, 0.25) is 0 Å². The molecule has 2 aliphatic heterocycles. The number of hydrogen-bond donors (Lipinski definition) is 2. The zero-order valence-corrected chi connectivity index (χ0v) is 18.2. The van der Waals surface area contributed by atoms with E-state index in [2.05, 4.69) is 0 Å². The summed E-state index contributed by atoms with van der Waals surface area (Å²) in [6, 6.07) is 7.05. The van der Waals surface area contributed by atoms with Gasteiger partial charge in [-0.1, -0.05) is 17.7 Å². The number of rotatable bonds is 3.